The second kappa shape index (κ2) is 15.0. The molecule has 0 saturated heterocycles. The molecule has 0 atom stereocenters. The van der Waals surface area contributed by atoms with Crippen LogP contribution in [0.4, 0.5) is 17.1 Å². The zero-order valence-electron chi connectivity index (χ0n) is 32.8. The van der Waals surface area contributed by atoms with Crippen molar-refractivity contribution in [2.75, 3.05) is 4.90 Å². The Morgan fingerprint density at radius 2 is 0.867 bits per heavy atom. The normalized spacial score (nSPS) is 11.2. The molecule has 0 amide bonds. The fourth-order valence-electron chi connectivity index (χ4n) is 8.81. The summed E-state index contributed by atoms with van der Waals surface area (Å²) in [5.74, 6) is 0. The molecule has 0 bridgehead atoms. The lowest BCUT2D eigenvalue weighted by Gasteiger charge is -2.27. The molecule has 0 unspecified atom stereocenters. The Morgan fingerprint density at radius 1 is 0.333 bits per heavy atom. The summed E-state index contributed by atoms with van der Waals surface area (Å²) in [6.07, 6.45) is 0. The summed E-state index contributed by atoms with van der Waals surface area (Å²) in [4.78, 5) is 2.37. The van der Waals surface area contributed by atoms with E-state index in [1.54, 1.807) is 0 Å². The van der Waals surface area contributed by atoms with Crippen LogP contribution in [0.3, 0.4) is 0 Å². The minimum atomic E-state index is 1.08. The van der Waals surface area contributed by atoms with Crippen molar-refractivity contribution < 1.29 is 0 Å². The van der Waals surface area contributed by atoms with E-state index in [0.29, 0.717) is 0 Å². The van der Waals surface area contributed by atoms with E-state index in [0.717, 1.165) is 33.9 Å². The van der Waals surface area contributed by atoms with Gasteiger partial charge in [-0.05, 0) is 123 Å². The first-order valence-corrected chi connectivity index (χ1v) is 20.4. The Kier molecular flexibility index (Phi) is 8.77. The van der Waals surface area contributed by atoms with Crippen LogP contribution in [0.1, 0.15) is 0 Å². The van der Waals surface area contributed by atoms with Crippen molar-refractivity contribution in [1.29, 1.82) is 0 Å². The van der Waals surface area contributed by atoms with Crippen LogP contribution in [0, 0.1) is 12.1 Å². The molecule has 280 valence electrons. The molecule has 1 heterocycles. The van der Waals surface area contributed by atoms with E-state index in [1.165, 1.54) is 66.0 Å². The number of rotatable bonds is 8. The lowest BCUT2D eigenvalue weighted by molar-refractivity contribution is 1.18. The molecule has 10 aromatic carbocycles. The van der Waals surface area contributed by atoms with Gasteiger partial charge in [-0.2, -0.15) is 0 Å². The van der Waals surface area contributed by atoms with Crippen LogP contribution in [0.5, 0.6) is 0 Å². The van der Waals surface area contributed by atoms with Crippen LogP contribution in [0.2, 0.25) is 0 Å². The molecule has 0 aliphatic carbocycles. The summed E-state index contributed by atoms with van der Waals surface area (Å²) in [5, 5.41) is 4.99. The van der Waals surface area contributed by atoms with Gasteiger partial charge in [0.2, 0.25) is 0 Å². The van der Waals surface area contributed by atoms with Crippen molar-refractivity contribution in [1.82, 2.24) is 4.57 Å². The lowest BCUT2D eigenvalue weighted by atomic mass is 9.97. The van der Waals surface area contributed by atoms with Gasteiger partial charge in [0.25, 0.3) is 0 Å². The Balaban J connectivity index is 1.00. The predicted molar refractivity (Wildman–Crippen MR) is 252 cm³/mol. The van der Waals surface area contributed by atoms with E-state index in [2.05, 4.69) is 240 Å². The molecule has 0 saturated carbocycles. The number of nitrogens with zero attached hydrogens (tertiary/aromatic N) is 2. The fourth-order valence-corrected chi connectivity index (χ4v) is 8.81. The Hall–Kier alpha value is -8.12. The van der Waals surface area contributed by atoms with Gasteiger partial charge in [0.05, 0.1) is 16.7 Å². The van der Waals surface area contributed by atoms with Crippen LogP contribution in [-0.4, -0.2) is 4.57 Å². The topological polar surface area (TPSA) is 8.17 Å². The fraction of sp³-hybridized carbons (Fsp3) is 0. The second-order valence-electron chi connectivity index (χ2n) is 15.2. The van der Waals surface area contributed by atoms with Crippen LogP contribution in [-0.2, 0) is 0 Å². The number of anilines is 3. The summed E-state index contributed by atoms with van der Waals surface area (Å²) in [6.45, 7) is 0. The van der Waals surface area contributed by atoms with Gasteiger partial charge in [-0.3, -0.25) is 0 Å². The van der Waals surface area contributed by atoms with E-state index in [1.807, 2.05) is 12.1 Å². The SMILES string of the molecule is c1ccc(-c2ccc(-c3ccc(N(c4ccc(-c5ccccc5-n5c6ccccc6c6ccccc65)cc4)c4cccc(-c5cccc6ccccc56)c4)cc3)cc2)cc#1. The van der Waals surface area contributed by atoms with E-state index in [-0.39, 0.29) is 0 Å². The predicted octanol–water partition coefficient (Wildman–Crippen LogP) is 15.7. The van der Waals surface area contributed by atoms with Gasteiger partial charge in [-0.25, -0.2) is 0 Å². The van der Waals surface area contributed by atoms with E-state index in [9.17, 15) is 0 Å². The molecule has 0 aliphatic heterocycles. The molecular weight excluding hydrogens is 725 g/mol. The number of fused-ring (bicyclic) bond motifs is 4. The molecule has 0 aliphatic rings. The number of hydrogen-bond acceptors (Lipinski definition) is 1. The van der Waals surface area contributed by atoms with Gasteiger partial charge in [-0.1, -0.05) is 170 Å². The van der Waals surface area contributed by atoms with Crippen LogP contribution < -0.4 is 4.90 Å². The highest BCUT2D eigenvalue weighted by Crippen LogP contribution is 2.41. The van der Waals surface area contributed by atoms with Crippen molar-refractivity contribution in [2.24, 2.45) is 0 Å². The first-order valence-electron chi connectivity index (χ1n) is 20.4. The molecule has 2 nitrogen and oxygen atoms in total. The minimum Gasteiger partial charge on any atom is -0.310 e. The van der Waals surface area contributed by atoms with Crippen molar-refractivity contribution >= 4 is 49.6 Å². The maximum Gasteiger partial charge on any atom is 0.0541 e. The first-order chi connectivity index (χ1) is 29.8. The van der Waals surface area contributed by atoms with Crippen molar-refractivity contribution in [3.05, 3.63) is 243 Å². The summed E-state index contributed by atoms with van der Waals surface area (Å²) < 4.78 is 2.41. The highest BCUT2D eigenvalue weighted by atomic mass is 15.1. The highest BCUT2D eigenvalue weighted by Gasteiger charge is 2.18. The molecular formula is C58H38N2. The number of aromatic nitrogens is 1. The Morgan fingerprint density at radius 3 is 1.55 bits per heavy atom. The summed E-state index contributed by atoms with van der Waals surface area (Å²) in [6, 6.07) is 89.0. The molecule has 0 fully saturated rings. The molecule has 0 spiro atoms. The number of hydrogen-bond donors (Lipinski definition) is 0. The molecule has 11 rings (SSSR count). The maximum atomic E-state index is 3.07. The van der Waals surface area contributed by atoms with E-state index >= 15 is 0 Å². The lowest BCUT2D eigenvalue weighted by Crippen LogP contribution is -2.10. The van der Waals surface area contributed by atoms with Crippen LogP contribution >= 0.6 is 0 Å². The summed E-state index contributed by atoms with van der Waals surface area (Å²) in [7, 11) is 0. The standard InChI is InChI=1S/C58H38N2/c1-2-14-41(15-3-1)42-28-30-43(31-29-42)44-32-36-48(37-33-44)59(50-19-12-18-47(40-50)52-24-13-17-45-16-4-5-20-51(45)52)49-38-34-46(35-39-49)53-21-6-9-25-56(53)60-57-26-10-7-22-54(57)55-23-8-11-27-58(55)60/h2,4-40H. The number of para-hydroxylation sites is 3. The maximum absolute atomic E-state index is 3.07. The van der Waals surface area contributed by atoms with Crippen molar-refractivity contribution in [3.63, 3.8) is 0 Å². The molecule has 60 heavy (non-hydrogen) atoms. The molecule has 0 N–H and O–H groups in total. The smallest absolute Gasteiger partial charge is 0.0541 e. The van der Waals surface area contributed by atoms with Gasteiger partial charge in [0, 0.05) is 33.4 Å². The summed E-state index contributed by atoms with van der Waals surface area (Å²) in [5.41, 5.74) is 16.2. The zero-order valence-corrected chi connectivity index (χ0v) is 32.8. The van der Waals surface area contributed by atoms with Gasteiger partial charge < -0.3 is 9.47 Å². The Labute approximate surface area is 350 Å². The first kappa shape index (κ1) is 35.1. The van der Waals surface area contributed by atoms with Crippen LogP contribution in [0.25, 0.3) is 82.8 Å². The zero-order chi connectivity index (χ0) is 39.8. The number of benzene rings is 9. The molecule has 0 radical (unpaired) electrons. The highest BCUT2D eigenvalue weighted by molar-refractivity contribution is 6.09. The van der Waals surface area contributed by atoms with Crippen LogP contribution in [0.15, 0.2) is 231 Å². The third-order valence-electron chi connectivity index (χ3n) is 11.7. The third kappa shape index (κ3) is 6.27. The average molecular weight is 763 g/mol. The third-order valence-corrected chi connectivity index (χ3v) is 11.7. The average Bonchev–Trinajstić information content (AvgIpc) is 3.67. The monoisotopic (exact) mass is 762 g/mol. The summed E-state index contributed by atoms with van der Waals surface area (Å²) >= 11 is 0. The van der Waals surface area contributed by atoms with Gasteiger partial charge >= 0.3 is 0 Å². The van der Waals surface area contributed by atoms with Gasteiger partial charge in [-0.15, -0.1) is 0 Å². The molecule has 2 heteroatoms. The van der Waals surface area contributed by atoms with Crippen molar-refractivity contribution in [3.8, 4) is 50.2 Å². The molecule has 11 aromatic rings. The van der Waals surface area contributed by atoms with Gasteiger partial charge in [0.1, 0.15) is 0 Å². The molecule has 1 aromatic heterocycles. The van der Waals surface area contributed by atoms with E-state index < -0.39 is 0 Å². The Bertz CT molecular complexity index is 3230. The minimum absolute atomic E-state index is 1.08. The quantitative estimate of drug-likeness (QED) is 0.150. The largest absolute Gasteiger partial charge is 0.310 e. The van der Waals surface area contributed by atoms with Gasteiger partial charge in [0.15, 0.2) is 0 Å². The second-order valence-corrected chi connectivity index (χ2v) is 15.2. The van der Waals surface area contributed by atoms with E-state index in [4.69, 9.17) is 0 Å². The van der Waals surface area contributed by atoms with Crippen molar-refractivity contribution in [2.45, 2.75) is 0 Å².